The molecule has 26 heavy (non-hydrogen) atoms. The molecule has 0 saturated heterocycles. The van der Waals surface area contributed by atoms with Crippen molar-refractivity contribution in [3.63, 3.8) is 0 Å². The summed E-state index contributed by atoms with van der Waals surface area (Å²) in [7, 11) is 0. The second-order valence-electron chi connectivity index (χ2n) is 7.63. The van der Waals surface area contributed by atoms with Gasteiger partial charge in [0, 0.05) is 17.5 Å². The molecule has 1 heteroatoms. The van der Waals surface area contributed by atoms with Crippen molar-refractivity contribution in [3.05, 3.63) is 99.6 Å². The number of hydrogen-bond donors (Lipinski definition) is 1. The maximum atomic E-state index is 6.70. The molecule has 0 fully saturated rings. The normalized spacial score (nSPS) is 13.4. The molecule has 0 aliphatic rings. The fraction of sp³-hybridized carbons (Fsp3) is 0.280. The molecule has 3 rings (SSSR count). The summed E-state index contributed by atoms with van der Waals surface area (Å²) in [4.78, 5) is 0. The van der Waals surface area contributed by atoms with Crippen LogP contribution in [-0.4, -0.2) is 0 Å². The second kappa shape index (κ2) is 7.37. The maximum absolute atomic E-state index is 6.70. The summed E-state index contributed by atoms with van der Waals surface area (Å²) >= 11 is 0. The van der Waals surface area contributed by atoms with E-state index in [0.717, 1.165) is 5.69 Å². The topological polar surface area (TPSA) is 26.0 Å². The second-order valence-corrected chi connectivity index (χ2v) is 7.63. The number of nitrogens with two attached hydrogens (primary N) is 1. The number of benzene rings is 3. The lowest BCUT2D eigenvalue weighted by molar-refractivity contribution is 0.887. The summed E-state index contributed by atoms with van der Waals surface area (Å²) in [5.41, 5.74) is 16.6. The SMILES string of the molecule is Cc1cccc(C(C)c2cc(C)cc(C(C)c3cccc(C)c3)c2N)c1. The van der Waals surface area contributed by atoms with Gasteiger partial charge in [0.15, 0.2) is 0 Å². The zero-order valence-corrected chi connectivity index (χ0v) is 16.5. The molecule has 0 spiro atoms. The number of nitrogen functional groups attached to an aromatic ring is 1. The summed E-state index contributed by atoms with van der Waals surface area (Å²) in [6.45, 7) is 10.9. The van der Waals surface area contributed by atoms with Crippen molar-refractivity contribution in [2.24, 2.45) is 0 Å². The van der Waals surface area contributed by atoms with Gasteiger partial charge in [-0.1, -0.05) is 91.2 Å². The van der Waals surface area contributed by atoms with Crippen LogP contribution in [0.1, 0.15) is 64.6 Å². The van der Waals surface area contributed by atoms with Gasteiger partial charge in [0.2, 0.25) is 0 Å². The highest BCUT2D eigenvalue weighted by Crippen LogP contribution is 2.37. The minimum atomic E-state index is 0.276. The van der Waals surface area contributed by atoms with Crippen LogP contribution in [0.25, 0.3) is 0 Å². The first-order valence-electron chi connectivity index (χ1n) is 9.40. The smallest absolute Gasteiger partial charge is 0.0391 e. The molecule has 0 aliphatic heterocycles. The van der Waals surface area contributed by atoms with E-state index >= 15 is 0 Å². The van der Waals surface area contributed by atoms with Crippen molar-refractivity contribution in [1.29, 1.82) is 0 Å². The zero-order chi connectivity index (χ0) is 18.8. The maximum Gasteiger partial charge on any atom is 0.0391 e. The monoisotopic (exact) mass is 343 g/mol. The van der Waals surface area contributed by atoms with Crippen molar-refractivity contribution >= 4 is 5.69 Å². The third-order valence-electron chi connectivity index (χ3n) is 5.41. The van der Waals surface area contributed by atoms with Crippen molar-refractivity contribution < 1.29 is 0 Å². The summed E-state index contributed by atoms with van der Waals surface area (Å²) in [6.07, 6.45) is 0. The molecule has 3 aromatic carbocycles. The van der Waals surface area contributed by atoms with Gasteiger partial charge in [-0.2, -0.15) is 0 Å². The van der Waals surface area contributed by atoms with Crippen molar-refractivity contribution in [3.8, 4) is 0 Å². The van der Waals surface area contributed by atoms with Crippen LogP contribution in [0.3, 0.4) is 0 Å². The van der Waals surface area contributed by atoms with Gasteiger partial charge >= 0.3 is 0 Å². The van der Waals surface area contributed by atoms with E-state index < -0.39 is 0 Å². The van der Waals surface area contributed by atoms with E-state index in [1.165, 1.54) is 38.9 Å². The third-order valence-corrected chi connectivity index (χ3v) is 5.41. The molecule has 0 saturated carbocycles. The van der Waals surface area contributed by atoms with E-state index in [-0.39, 0.29) is 11.8 Å². The average Bonchev–Trinajstić information content (AvgIpc) is 2.62. The first-order valence-corrected chi connectivity index (χ1v) is 9.40. The molecule has 0 aliphatic carbocycles. The number of rotatable bonds is 4. The lowest BCUT2D eigenvalue weighted by Gasteiger charge is -2.22. The Balaban J connectivity index is 2.06. The molecule has 0 aromatic heterocycles. The van der Waals surface area contributed by atoms with E-state index in [0.29, 0.717) is 0 Å². The zero-order valence-electron chi connectivity index (χ0n) is 16.5. The molecule has 0 bridgehead atoms. The predicted molar refractivity (Wildman–Crippen MR) is 113 cm³/mol. The Kier molecular flexibility index (Phi) is 5.18. The standard InChI is InChI=1S/C25H29N/c1-16-8-6-10-21(12-16)19(4)23-14-18(3)15-24(25(23)26)20(5)22-11-7-9-17(2)13-22/h6-15,19-20H,26H2,1-5H3. The summed E-state index contributed by atoms with van der Waals surface area (Å²) < 4.78 is 0. The average molecular weight is 344 g/mol. The van der Waals surface area contributed by atoms with E-state index in [2.05, 4.69) is 95.3 Å². The van der Waals surface area contributed by atoms with Crippen LogP contribution < -0.4 is 5.73 Å². The van der Waals surface area contributed by atoms with Crippen molar-refractivity contribution in [1.82, 2.24) is 0 Å². The summed E-state index contributed by atoms with van der Waals surface area (Å²) in [5.74, 6) is 0.552. The number of aryl methyl sites for hydroxylation is 3. The van der Waals surface area contributed by atoms with Crippen LogP contribution in [0.15, 0.2) is 60.7 Å². The lowest BCUT2D eigenvalue weighted by atomic mass is 9.84. The Bertz CT molecular complexity index is 850. The van der Waals surface area contributed by atoms with Gasteiger partial charge in [-0.3, -0.25) is 0 Å². The van der Waals surface area contributed by atoms with E-state index in [1.807, 2.05) is 0 Å². The van der Waals surface area contributed by atoms with Gasteiger partial charge in [-0.05, 0) is 43.0 Å². The molecule has 0 radical (unpaired) electrons. The number of hydrogen-bond acceptors (Lipinski definition) is 1. The molecule has 134 valence electrons. The fourth-order valence-corrected chi connectivity index (χ4v) is 3.81. The first kappa shape index (κ1) is 18.3. The molecule has 2 unspecified atom stereocenters. The van der Waals surface area contributed by atoms with Crippen LogP contribution in [0.5, 0.6) is 0 Å². The van der Waals surface area contributed by atoms with Gasteiger partial charge in [-0.25, -0.2) is 0 Å². The Labute approximate surface area is 157 Å². The quantitative estimate of drug-likeness (QED) is 0.538. The van der Waals surface area contributed by atoms with Gasteiger partial charge in [0.25, 0.3) is 0 Å². The van der Waals surface area contributed by atoms with Gasteiger partial charge in [0.1, 0.15) is 0 Å². The van der Waals surface area contributed by atoms with Crippen molar-refractivity contribution in [2.45, 2.75) is 46.5 Å². The van der Waals surface area contributed by atoms with Crippen LogP contribution in [-0.2, 0) is 0 Å². The Morgan fingerprint density at radius 2 is 1.04 bits per heavy atom. The van der Waals surface area contributed by atoms with Crippen LogP contribution in [0.4, 0.5) is 5.69 Å². The Hall–Kier alpha value is -2.54. The van der Waals surface area contributed by atoms with Crippen LogP contribution >= 0.6 is 0 Å². The highest BCUT2D eigenvalue weighted by Gasteiger charge is 2.19. The van der Waals surface area contributed by atoms with E-state index in [1.54, 1.807) is 0 Å². The minimum absolute atomic E-state index is 0.276. The fourth-order valence-electron chi connectivity index (χ4n) is 3.81. The highest BCUT2D eigenvalue weighted by atomic mass is 14.6. The molecular weight excluding hydrogens is 314 g/mol. The summed E-state index contributed by atoms with van der Waals surface area (Å²) in [5, 5.41) is 0. The molecular formula is C25H29N. The molecule has 2 N–H and O–H groups in total. The third kappa shape index (κ3) is 3.67. The van der Waals surface area contributed by atoms with Gasteiger partial charge < -0.3 is 5.73 Å². The van der Waals surface area contributed by atoms with Crippen LogP contribution in [0, 0.1) is 20.8 Å². The van der Waals surface area contributed by atoms with Crippen LogP contribution in [0.2, 0.25) is 0 Å². The van der Waals surface area contributed by atoms with Crippen molar-refractivity contribution in [2.75, 3.05) is 5.73 Å². The minimum Gasteiger partial charge on any atom is -0.398 e. The summed E-state index contributed by atoms with van der Waals surface area (Å²) in [6, 6.07) is 21.9. The molecule has 2 atom stereocenters. The largest absolute Gasteiger partial charge is 0.398 e. The Morgan fingerprint density at radius 3 is 1.42 bits per heavy atom. The van der Waals surface area contributed by atoms with Gasteiger partial charge in [0.05, 0.1) is 0 Å². The molecule has 0 amide bonds. The first-order chi connectivity index (χ1) is 12.4. The van der Waals surface area contributed by atoms with E-state index in [9.17, 15) is 0 Å². The lowest BCUT2D eigenvalue weighted by Crippen LogP contribution is -2.08. The molecule has 0 heterocycles. The molecule has 3 aromatic rings. The van der Waals surface area contributed by atoms with E-state index in [4.69, 9.17) is 5.73 Å². The van der Waals surface area contributed by atoms with Gasteiger partial charge in [-0.15, -0.1) is 0 Å². The molecule has 1 nitrogen and oxygen atoms in total. The number of anilines is 1. The predicted octanol–water partition coefficient (Wildman–Crippen LogP) is 6.50. The Morgan fingerprint density at radius 1 is 0.615 bits per heavy atom. The highest BCUT2D eigenvalue weighted by molar-refractivity contribution is 5.61.